The van der Waals surface area contributed by atoms with Gasteiger partial charge in [0, 0.05) is 19.2 Å². The fraction of sp³-hybridized carbons (Fsp3) is 0.333. The zero-order chi connectivity index (χ0) is 19.3. The summed E-state index contributed by atoms with van der Waals surface area (Å²) in [4.78, 5) is 47.7. The Kier molecular flexibility index (Phi) is 6.70. The molecule has 1 fully saturated rings. The molecule has 0 aromatic heterocycles. The van der Waals surface area contributed by atoms with Crippen molar-refractivity contribution in [2.45, 2.75) is 0 Å². The average Bonchev–Trinajstić information content (AvgIpc) is 2.93. The molecule has 140 valence electrons. The lowest BCUT2D eigenvalue weighted by atomic mass is 10.2. The topological polar surface area (TPSA) is 128 Å². The smallest absolute Gasteiger partial charge is 0.342 e. The average molecular weight is 402 g/mol. The van der Waals surface area contributed by atoms with E-state index in [2.05, 4.69) is 5.32 Å². The molecular formula is C15H16ClN3O6S. The van der Waals surface area contributed by atoms with Crippen molar-refractivity contribution in [2.24, 2.45) is 0 Å². The summed E-state index contributed by atoms with van der Waals surface area (Å²) in [6.45, 7) is -0.419. The summed E-state index contributed by atoms with van der Waals surface area (Å²) in [7, 11) is 1.35. The predicted molar refractivity (Wildman–Crippen MR) is 95.3 cm³/mol. The third-order valence-electron chi connectivity index (χ3n) is 3.37. The van der Waals surface area contributed by atoms with E-state index in [0.717, 1.165) is 16.7 Å². The van der Waals surface area contributed by atoms with E-state index in [1.54, 1.807) is 0 Å². The van der Waals surface area contributed by atoms with Gasteiger partial charge < -0.3 is 20.5 Å². The number of hydrogen-bond acceptors (Lipinski definition) is 8. The molecule has 0 unspecified atom stereocenters. The standard InChI is InChI=1S/C15H16ClN3O6S/c1-24-11-5-10(17)9(16)4-8(11)14(22)25-6-12(20)18-2-3-19-13(21)7-26-15(19)23/h4-5H,2-3,6-7,17H2,1H3,(H,18,20). The molecule has 0 saturated carbocycles. The van der Waals surface area contributed by atoms with Gasteiger partial charge in [-0.25, -0.2) is 4.79 Å². The molecule has 0 atom stereocenters. The molecule has 1 aliphatic heterocycles. The fourth-order valence-corrected chi connectivity index (χ4v) is 2.98. The summed E-state index contributed by atoms with van der Waals surface area (Å²) in [6, 6.07) is 2.67. The molecule has 1 aromatic rings. The third kappa shape index (κ3) is 4.79. The molecule has 2 rings (SSSR count). The fourth-order valence-electron chi connectivity index (χ4n) is 2.06. The highest BCUT2D eigenvalue weighted by Crippen LogP contribution is 2.29. The maximum atomic E-state index is 12.1. The molecule has 0 radical (unpaired) electrons. The second kappa shape index (κ2) is 8.77. The van der Waals surface area contributed by atoms with Crippen molar-refractivity contribution in [1.82, 2.24) is 10.2 Å². The number of halogens is 1. The van der Waals surface area contributed by atoms with Gasteiger partial charge in [-0.15, -0.1) is 0 Å². The number of esters is 1. The number of nitrogens with one attached hydrogen (secondary N) is 1. The Morgan fingerprint density at radius 2 is 2.12 bits per heavy atom. The van der Waals surface area contributed by atoms with Crippen LogP contribution < -0.4 is 15.8 Å². The van der Waals surface area contributed by atoms with Crippen molar-refractivity contribution in [3.05, 3.63) is 22.7 Å². The van der Waals surface area contributed by atoms with E-state index >= 15 is 0 Å². The number of nitrogens with two attached hydrogens (primary N) is 1. The van der Waals surface area contributed by atoms with E-state index in [1.807, 2.05) is 0 Å². The van der Waals surface area contributed by atoms with Gasteiger partial charge >= 0.3 is 5.97 Å². The summed E-state index contributed by atoms with van der Waals surface area (Å²) >= 11 is 6.79. The van der Waals surface area contributed by atoms with Gasteiger partial charge in [-0.05, 0) is 6.07 Å². The predicted octanol–water partition coefficient (Wildman–Crippen LogP) is 0.899. The van der Waals surface area contributed by atoms with E-state index in [4.69, 9.17) is 26.8 Å². The highest BCUT2D eigenvalue weighted by Gasteiger charge is 2.29. The number of ether oxygens (including phenoxy) is 2. The lowest BCUT2D eigenvalue weighted by Gasteiger charge is -2.13. The van der Waals surface area contributed by atoms with E-state index in [0.29, 0.717) is 0 Å². The van der Waals surface area contributed by atoms with Crippen LogP contribution >= 0.6 is 23.4 Å². The lowest BCUT2D eigenvalue weighted by Crippen LogP contribution is -2.38. The second-order valence-corrected chi connectivity index (χ2v) is 6.43. The Balaban J connectivity index is 1.82. The van der Waals surface area contributed by atoms with E-state index < -0.39 is 18.5 Å². The van der Waals surface area contributed by atoms with Gasteiger partial charge in [0.2, 0.25) is 5.91 Å². The summed E-state index contributed by atoms with van der Waals surface area (Å²) in [6.07, 6.45) is 0. The quantitative estimate of drug-likeness (QED) is 0.509. The summed E-state index contributed by atoms with van der Waals surface area (Å²) in [5.74, 6) is -1.41. The van der Waals surface area contributed by atoms with Crippen LogP contribution in [0, 0.1) is 0 Å². The minimum absolute atomic E-state index is 0.0322. The molecule has 1 aliphatic rings. The van der Waals surface area contributed by atoms with Gasteiger partial charge in [0.1, 0.15) is 11.3 Å². The molecule has 1 saturated heterocycles. The van der Waals surface area contributed by atoms with Gasteiger partial charge in [-0.2, -0.15) is 0 Å². The molecule has 0 bridgehead atoms. The largest absolute Gasteiger partial charge is 0.496 e. The molecule has 3 amide bonds. The number of benzene rings is 1. The van der Waals surface area contributed by atoms with Crippen molar-refractivity contribution in [3.63, 3.8) is 0 Å². The number of carbonyl (C=O) groups excluding carboxylic acids is 4. The number of methoxy groups -OCH3 is 1. The molecule has 0 spiro atoms. The molecular weight excluding hydrogens is 386 g/mol. The number of carbonyl (C=O) groups is 4. The number of thioether (sulfide) groups is 1. The van der Waals surface area contributed by atoms with Gasteiger partial charge in [-0.1, -0.05) is 23.4 Å². The molecule has 9 nitrogen and oxygen atoms in total. The first-order chi connectivity index (χ1) is 12.3. The van der Waals surface area contributed by atoms with Crippen LogP contribution in [0.25, 0.3) is 0 Å². The van der Waals surface area contributed by atoms with Gasteiger partial charge in [0.25, 0.3) is 11.1 Å². The van der Waals surface area contributed by atoms with Crippen molar-refractivity contribution < 1.29 is 28.7 Å². The van der Waals surface area contributed by atoms with Crippen molar-refractivity contribution >= 4 is 52.1 Å². The molecule has 26 heavy (non-hydrogen) atoms. The maximum absolute atomic E-state index is 12.1. The van der Waals surface area contributed by atoms with Crippen LogP contribution in [0.3, 0.4) is 0 Å². The number of nitrogen functional groups attached to an aromatic ring is 1. The Labute approximate surface area is 158 Å². The van der Waals surface area contributed by atoms with E-state index in [-0.39, 0.29) is 52.0 Å². The molecule has 11 heteroatoms. The zero-order valence-electron chi connectivity index (χ0n) is 13.7. The van der Waals surface area contributed by atoms with Crippen LogP contribution in [0.15, 0.2) is 12.1 Å². The number of hydrogen-bond donors (Lipinski definition) is 2. The van der Waals surface area contributed by atoms with Crippen molar-refractivity contribution in [1.29, 1.82) is 0 Å². The maximum Gasteiger partial charge on any atom is 0.342 e. The first-order valence-electron chi connectivity index (χ1n) is 7.37. The summed E-state index contributed by atoms with van der Waals surface area (Å²) < 4.78 is 9.95. The van der Waals surface area contributed by atoms with Gasteiger partial charge in [-0.3, -0.25) is 19.3 Å². The number of nitrogens with zero attached hydrogens (tertiary/aromatic N) is 1. The highest BCUT2D eigenvalue weighted by atomic mass is 35.5. The van der Waals surface area contributed by atoms with Crippen LogP contribution in [0.2, 0.25) is 5.02 Å². The number of amides is 3. The van der Waals surface area contributed by atoms with Crippen LogP contribution in [-0.2, 0) is 14.3 Å². The van der Waals surface area contributed by atoms with Gasteiger partial charge in [0.15, 0.2) is 6.61 Å². The monoisotopic (exact) mass is 401 g/mol. The third-order valence-corrected chi connectivity index (χ3v) is 4.56. The highest BCUT2D eigenvalue weighted by molar-refractivity contribution is 8.14. The van der Waals surface area contributed by atoms with Crippen LogP contribution in [0.5, 0.6) is 5.75 Å². The molecule has 1 aromatic carbocycles. The van der Waals surface area contributed by atoms with Crippen LogP contribution in [0.4, 0.5) is 10.5 Å². The Morgan fingerprint density at radius 1 is 1.38 bits per heavy atom. The Bertz CT molecular complexity index is 741. The molecule has 1 heterocycles. The number of rotatable bonds is 7. The Morgan fingerprint density at radius 3 is 2.73 bits per heavy atom. The Hall–Kier alpha value is -2.46. The number of imide groups is 1. The normalized spacial score (nSPS) is 13.7. The molecule has 3 N–H and O–H groups in total. The van der Waals surface area contributed by atoms with Crippen LogP contribution in [0.1, 0.15) is 10.4 Å². The van der Waals surface area contributed by atoms with E-state index in [1.165, 1.54) is 19.2 Å². The lowest BCUT2D eigenvalue weighted by molar-refractivity contribution is -0.126. The van der Waals surface area contributed by atoms with Crippen molar-refractivity contribution in [3.8, 4) is 5.75 Å². The second-order valence-electron chi connectivity index (χ2n) is 5.10. The zero-order valence-corrected chi connectivity index (χ0v) is 15.3. The summed E-state index contributed by atoms with van der Waals surface area (Å²) in [5.41, 5.74) is 5.90. The molecule has 0 aliphatic carbocycles. The summed E-state index contributed by atoms with van der Waals surface area (Å²) in [5, 5.41) is 2.27. The van der Waals surface area contributed by atoms with Gasteiger partial charge in [0.05, 0.1) is 23.6 Å². The van der Waals surface area contributed by atoms with Crippen LogP contribution in [-0.4, -0.2) is 60.5 Å². The minimum atomic E-state index is -0.805. The SMILES string of the molecule is COc1cc(N)c(Cl)cc1C(=O)OCC(=O)NCCN1C(=O)CSC1=O. The first-order valence-corrected chi connectivity index (χ1v) is 8.73. The first kappa shape index (κ1) is 19.9. The van der Waals surface area contributed by atoms with E-state index in [9.17, 15) is 19.2 Å². The van der Waals surface area contributed by atoms with Crippen molar-refractivity contribution in [2.75, 3.05) is 38.3 Å². The number of anilines is 1. The minimum Gasteiger partial charge on any atom is -0.496 e.